The minimum Gasteiger partial charge on any atom is -0.328 e. The molecule has 1 heterocycles. The van der Waals surface area contributed by atoms with E-state index in [2.05, 4.69) is 0 Å². The van der Waals surface area contributed by atoms with Crippen LogP contribution in [0.2, 0.25) is 0 Å². The third kappa shape index (κ3) is 3.07. The molecule has 2 aliphatic rings. The Labute approximate surface area is 151 Å². The number of amides is 1. The second kappa shape index (κ2) is 6.87. The molecule has 2 nitrogen and oxygen atoms in total. The lowest BCUT2D eigenvalue weighted by atomic mass is 10.0. The van der Waals surface area contributed by atoms with Crippen molar-refractivity contribution < 1.29 is 13.6 Å². The first-order valence-electron chi connectivity index (χ1n) is 8.80. The van der Waals surface area contributed by atoms with Gasteiger partial charge >= 0.3 is 0 Å². The van der Waals surface area contributed by atoms with Crippen LogP contribution in [0.25, 0.3) is 5.57 Å². The van der Waals surface area contributed by atoms with E-state index in [4.69, 9.17) is 0 Å². The third-order valence-electron chi connectivity index (χ3n) is 5.09. The summed E-state index contributed by atoms with van der Waals surface area (Å²) in [4.78, 5) is 14.8. The number of carbonyl (C=O) groups is 1. The van der Waals surface area contributed by atoms with Gasteiger partial charge in [0, 0.05) is 18.0 Å². The molecule has 26 heavy (non-hydrogen) atoms. The van der Waals surface area contributed by atoms with Gasteiger partial charge in [-0.2, -0.15) is 0 Å². The van der Waals surface area contributed by atoms with Crippen LogP contribution in [0.4, 0.5) is 8.78 Å². The number of benzene rings is 2. The summed E-state index contributed by atoms with van der Waals surface area (Å²) in [5.74, 6) is -0.956. The highest BCUT2D eigenvalue weighted by Gasteiger charge is 2.35. The first-order chi connectivity index (χ1) is 12.6. The molecule has 2 aromatic carbocycles. The van der Waals surface area contributed by atoms with E-state index in [0.717, 1.165) is 30.5 Å². The zero-order chi connectivity index (χ0) is 18.1. The quantitative estimate of drug-likeness (QED) is 0.721. The number of halogens is 2. The average Bonchev–Trinajstić information content (AvgIpc) is 3.34. The molecule has 0 aromatic heterocycles. The minimum absolute atomic E-state index is 0.0620. The highest BCUT2D eigenvalue weighted by atomic mass is 19.1. The molecule has 1 amide bonds. The van der Waals surface area contributed by atoms with Crippen molar-refractivity contribution in [2.75, 3.05) is 6.54 Å². The number of rotatable bonds is 3. The lowest BCUT2D eigenvalue weighted by molar-refractivity contribution is -0.135. The van der Waals surface area contributed by atoms with Crippen molar-refractivity contribution in [1.82, 2.24) is 4.90 Å². The van der Waals surface area contributed by atoms with Crippen LogP contribution in [0.1, 0.15) is 30.0 Å². The molecule has 4 heteroatoms. The lowest BCUT2D eigenvalue weighted by Crippen LogP contribution is -2.35. The van der Waals surface area contributed by atoms with Crippen molar-refractivity contribution >= 4 is 11.5 Å². The summed E-state index contributed by atoms with van der Waals surface area (Å²) >= 11 is 0. The van der Waals surface area contributed by atoms with E-state index < -0.39 is 11.6 Å². The molecular formula is C22H19F2NO. The van der Waals surface area contributed by atoms with Crippen LogP contribution in [-0.2, 0) is 4.79 Å². The second-order valence-electron chi connectivity index (χ2n) is 6.78. The smallest absolute Gasteiger partial charge is 0.227 e. The Morgan fingerprint density at radius 1 is 1.00 bits per heavy atom. The first kappa shape index (κ1) is 16.7. The van der Waals surface area contributed by atoms with Gasteiger partial charge in [0.2, 0.25) is 5.91 Å². The molecule has 1 unspecified atom stereocenters. The summed E-state index contributed by atoms with van der Waals surface area (Å²) in [7, 11) is 0. The highest BCUT2D eigenvalue weighted by Crippen LogP contribution is 2.37. The van der Waals surface area contributed by atoms with E-state index in [1.54, 1.807) is 4.90 Å². The van der Waals surface area contributed by atoms with Crippen LogP contribution < -0.4 is 0 Å². The molecule has 1 aliphatic heterocycles. The van der Waals surface area contributed by atoms with Gasteiger partial charge < -0.3 is 4.90 Å². The van der Waals surface area contributed by atoms with Crippen LogP contribution in [0, 0.1) is 17.6 Å². The van der Waals surface area contributed by atoms with Gasteiger partial charge in [-0.1, -0.05) is 48.6 Å². The zero-order valence-corrected chi connectivity index (χ0v) is 14.2. The van der Waals surface area contributed by atoms with Crippen molar-refractivity contribution in [1.29, 1.82) is 0 Å². The van der Waals surface area contributed by atoms with Gasteiger partial charge in [-0.05, 0) is 42.2 Å². The molecule has 0 bridgehead atoms. The lowest BCUT2D eigenvalue weighted by Gasteiger charge is -2.28. The molecule has 0 N–H and O–H groups in total. The topological polar surface area (TPSA) is 20.3 Å². The Kier molecular flexibility index (Phi) is 4.41. The fourth-order valence-corrected chi connectivity index (χ4v) is 3.73. The molecule has 4 rings (SSSR count). The molecular weight excluding hydrogens is 332 g/mol. The summed E-state index contributed by atoms with van der Waals surface area (Å²) in [6.07, 6.45) is 7.40. The van der Waals surface area contributed by atoms with Crippen LogP contribution in [0.15, 0.2) is 66.8 Å². The van der Waals surface area contributed by atoms with Gasteiger partial charge in [0.25, 0.3) is 0 Å². The second-order valence-corrected chi connectivity index (χ2v) is 6.78. The summed E-state index contributed by atoms with van der Waals surface area (Å²) in [5, 5.41) is 0. The number of hydrogen-bond donors (Lipinski definition) is 0. The predicted octanol–water partition coefficient (Wildman–Crippen LogP) is 4.90. The van der Waals surface area contributed by atoms with Crippen molar-refractivity contribution in [3.8, 4) is 0 Å². The number of carbonyl (C=O) groups excluding carboxylic acids is 1. The minimum atomic E-state index is -0.483. The maximum atomic E-state index is 14.3. The van der Waals surface area contributed by atoms with E-state index in [-0.39, 0.29) is 30.0 Å². The van der Waals surface area contributed by atoms with Crippen molar-refractivity contribution in [2.24, 2.45) is 5.92 Å². The number of hydrogen-bond acceptors (Lipinski definition) is 1. The Morgan fingerprint density at radius 2 is 1.73 bits per heavy atom. The molecule has 0 radical (unpaired) electrons. The van der Waals surface area contributed by atoms with E-state index in [9.17, 15) is 13.6 Å². The summed E-state index contributed by atoms with van der Waals surface area (Å²) < 4.78 is 27.9. The van der Waals surface area contributed by atoms with Crippen LogP contribution in [0.5, 0.6) is 0 Å². The van der Waals surface area contributed by atoms with Crippen molar-refractivity contribution in [3.63, 3.8) is 0 Å². The fraction of sp³-hybridized carbons (Fsp3) is 0.227. The third-order valence-corrected chi connectivity index (χ3v) is 5.09. The van der Waals surface area contributed by atoms with Gasteiger partial charge in [-0.15, -0.1) is 0 Å². The summed E-state index contributed by atoms with van der Waals surface area (Å²) in [6, 6.07) is 12.9. The average molecular weight is 351 g/mol. The summed E-state index contributed by atoms with van der Waals surface area (Å²) in [6.45, 7) is 0.287. The number of allylic oxidation sites excluding steroid dienone is 2. The molecule has 1 atom stereocenters. The largest absolute Gasteiger partial charge is 0.328 e. The van der Waals surface area contributed by atoms with Crippen LogP contribution in [0.3, 0.4) is 0 Å². The molecule has 0 saturated carbocycles. The fourth-order valence-electron chi connectivity index (χ4n) is 3.73. The Morgan fingerprint density at radius 3 is 2.46 bits per heavy atom. The maximum Gasteiger partial charge on any atom is 0.227 e. The maximum absolute atomic E-state index is 14.3. The van der Waals surface area contributed by atoms with Gasteiger partial charge in [-0.25, -0.2) is 8.78 Å². The predicted molar refractivity (Wildman–Crippen MR) is 97.1 cm³/mol. The first-order valence-corrected chi connectivity index (χ1v) is 8.80. The molecule has 0 fully saturated rings. The molecule has 2 aromatic rings. The Balaban J connectivity index is 1.71. The monoisotopic (exact) mass is 351 g/mol. The van der Waals surface area contributed by atoms with Crippen molar-refractivity contribution in [3.05, 3.63) is 89.5 Å². The van der Waals surface area contributed by atoms with Crippen LogP contribution >= 0.6 is 0 Å². The Bertz CT molecular complexity index is 880. The summed E-state index contributed by atoms with van der Waals surface area (Å²) in [5.41, 5.74) is 1.85. The SMILES string of the molecule is O=C(C1CC=CC1)N1CC(c2cc(F)ccc2F)=CC1c1ccccc1. The molecule has 132 valence electrons. The van der Waals surface area contributed by atoms with E-state index in [1.165, 1.54) is 6.07 Å². The normalized spacial score (nSPS) is 19.8. The van der Waals surface area contributed by atoms with Gasteiger partial charge in [0.1, 0.15) is 11.6 Å². The van der Waals surface area contributed by atoms with Gasteiger partial charge in [0.15, 0.2) is 0 Å². The van der Waals surface area contributed by atoms with Crippen LogP contribution in [-0.4, -0.2) is 17.4 Å². The molecule has 0 saturated heterocycles. The van der Waals surface area contributed by atoms with Gasteiger partial charge in [-0.3, -0.25) is 4.79 Å². The number of nitrogens with zero attached hydrogens (tertiary/aromatic N) is 1. The van der Waals surface area contributed by atoms with Gasteiger partial charge in [0.05, 0.1) is 6.04 Å². The van der Waals surface area contributed by atoms with E-state index in [0.29, 0.717) is 5.57 Å². The zero-order valence-electron chi connectivity index (χ0n) is 14.2. The van der Waals surface area contributed by atoms with E-state index >= 15 is 0 Å². The molecule has 0 spiro atoms. The van der Waals surface area contributed by atoms with E-state index in [1.807, 2.05) is 48.6 Å². The highest BCUT2D eigenvalue weighted by molar-refractivity contribution is 5.85. The standard InChI is InChI=1S/C22H19F2NO/c23-18-10-11-20(24)19(13-18)17-12-21(15-6-2-1-3-7-15)25(14-17)22(26)16-8-4-5-9-16/h1-7,10-13,16,21H,8-9,14H2. The molecule has 1 aliphatic carbocycles. The Hall–Kier alpha value is -2.75. The van der Waals surface area contributed by atoms with Crippen molar-refractivity contribution in [2.45, 2.75) is 18.9 Å².